The fraction of sp³-hybridized carbons (Fsp3) is 0.273. The van der Waals surface area contributed by atoms with Gasteiger partial charge in [0.15, 0.2) is 0 Å². The Bertz CT molecular complexity index is 1080. The van der Waals surface area contributed by atoms with Crippen LogP contribution in [0.25, 0.3) is 11.3 Å². The molecule has 0 aliphatic heterocycles. The average Bonchev–Trinajstić information content (AvgIpc) is 2.71. The summed E-state index contributed by atoms with van der Waals surface area (Å²) in [5.41, 5.74) is 1.67. The van der Waals surface area contributed by atoms with Gasteiger partial charge >= 0.3 is 0 Å². The predicted molar refractivity (Wildman–Crippen MR) is 117 cm³/mol. The van der Waals surface area contributed by atoms with Crippen molar-refractivity contribution < 1.29 is 13.5 Å². The third-order valence-corrected chi connectivity index (χ3v) is 6.00. The Kier molecular flexibility index (Phi) is 6.50. The van der Waals surface area contributed by atoms with Crippen LogP contribution in [0.3, 0.4) is 0 Å². The summed E-state index contributed by atoms with van der Waals surface area (Å²) < 4.78 is 27.5. The molecule has 0 aliphatic rings. The van der Waals surface area contributed by atoms with E-state index >= 15 is 0 Å². The second-order valence-electron chi connectivity index (χ2n) is 7.98. The zero-order valence-corrected chi connectivity index (χ0v) is 18.0. The van der Waals surface area contributed by atoms with E-state index in [1.807, 2.05) is 30.3 Å². The van der Waals surface area contributed by atoms with Gasteiger partial charge in [0.1, 0.15) is 12.1 Å². The molecule has 1 atom stereocenters. The topological polar surface area (TPSA) is 104 Å². The van der Waals surface area contributed by atoms with Gasteiger partial charge in [0.2, 0.25) is 10.0 Å². The summed E-state index contributed by atoms with van der Waals surface area (Å²) in [7, 11) is -3.59. The summed E-state index contributed by atoms with van der Waals surface area (Å²) in [5.74, 6) is 0.570. The highest BCUT2D eigenvalue weighted by molar-refractivity contribution is 7.89. The molecule has 0 fully saturated rings. The van der Waals surface area contributed by atoms with Gasteiger partial charge in [-0.1, -0.05) is 42.5 Å². The van der Waals surface area contributed by atoms with Crippen LogP contribution >= 0.6 is 0 Å². The molecule has 3 rings (SSSR count). The Morgan fingerprint density at radius 1 is 1.00 bits per heavy atom. The standard InChI is InChI=1S/C22H26N4O3S/c1-22(2,3)26-30(28,29)18-11-9-16(10-12-18)19-13-21(25-15-24-19)23-14-20(27)17-7-5-4-6-8-17/h4-13,15,20,26-27H,14H2,1-3H3,(H,23,24,25). The van der Waals surface area contributed by atoms with Gasteiger partial charge in [-0.15, -0.1) is 0 Å². The highest BCUT2D eigenvalue weighted by atomic mass is 32.2. The van der Waals surface area contributed by atoms with Crippen molar-refractivity contribution in [3.05, 3.63) is 72.6 Å². The summed E-state index contributed by atoms with van der Waals surface area (Å²) in [6, 6.07) is 17.7. The van der Waals surface area contributed by atoms with E-state index in [9.17, 15) is 13.5 Å². The largest absolute Gasteiger partial charge is 0.387 e. The van der Waals surface area contributed by atoms with Crippen LogP contribution in [0.1, 0.15) is 32.4 Å². The number of rotatable bonds is 7. The van der Waals surface area contributed by atoms with E-state index in [1.165, 1.54) is 6.33 Å². The van der Waals surface area contributed by atoms with E-state index in [0.717, 1.165) is 11.1 Å². The molecule has 8 heteroatoms. The van der Waals surface area contributed by atoms with Gasteiger partial charge in [0, 0.05) is 23.7 Å². The van der Waals surface area contributed by atoms with Crippen LogP contribution in [-0.4, -0.2) is 35.6 Å². The van der Waals surface area contributed by atoms with E-state index in [2.05, 4.69) is 20.0 Å². The number of aromatic nitrogens is 2. The minimum atomic E-state index is -3.59. The molecule has 1 heterocycles. The first-order valence-electron chi connectivity index (χ1n) is 9.57. The van der Waals surface area contributed by atoms with Crippen molar-refractivity contribution in [3.8, 4) is 11.3 Å². The number of anilines is 1. The molecule has 2 aromatic carbocycles. The second-order valence-corrected chi connectivity index (χ2v) is 9.66. The maximum Gasteiger partial charge on any atom is 0.241 e. The first-order valence-corrected chi connectivity index (χ1v) is 11.1. The maximum atomic E-state index is 12.4. The van der Waals surface area contributed by atoms with Crippen LogP contribution in [0.4, 0.5) is 5.82 Å². The summed E-state index contributed by atoms with van der Waals surface area (Å²) in [5, 5.41) is 13.4. The van der Waals surface area contributed by atoms with Crippen LogP contribution in [0, 0.1) is 0 Å². The zero-order chi connectivity index (χ0) is 21.8. The Morgan fingerprint density at radius 2 is 1.67 bits per heavy atom. The number of hydrogen-bond donors (Lipinski definition) is 3. The molecule has 0 bridgehead atoms. The molecule has 3 N–H and O–H groups in total. The molecule has 0 spiro atoms. The minimum absolute atomic E-state index is 0.194. The highest BCUT2D eigenvalue weighted by Crippen LogP contribution is 2.22. The van der Waals surface area contributed by atoms with Gasteiger partial charge in [0.05, 0.1) is 16.7 Å². The lowest BCUT2D eigenvalue weighted by Gasteiger charge is -2.20. The Hall–Kier alpha value is -2.81. The van der Waals surface area contributed by atoms with Gasteiger partial charge in [-0.05, 0) is 38.5 Å². The number of nitrogens with zero attached hydrogens (tertiary/aromatic N) is 2. The minimum Gasteiger partial charge on any atom is -0.387 e. The number of hydrogen-bond acceptors (Lipinski definition) is 6. The molecule has 7 nitrogen and oxygen atoms in total. The molecule has 1 unspecified atom stereocenters. The average molecular weight is 427 g/mol. The molecule has 158 valence electrons. The molecule has 0 amide bonds. The summed E-state index contributed by atoms with van der Waals surface area (Å²) in [6.07, 6.45) is 0.766. The van der Waals surface area contributed by atoms with Crippen molar-refractivity contribution in [2.45, 2.75) is 37.3 Å². The lowest BCUT2D eigenvalue weighted by Crippen LogP contribution is -2.40. The van der Waals surface area contributed by atoms with Gasteiger partial charge in [0.25, 0.3) is 0 Å². The molecular weight excluding hydrogens is 400 g/mol. The molecular formula is C22H26N4O3S. The lowest BCUT2D eigenvalue weighted by molar-refractivity contribution is 0.191. The van der Waals surface area contributed by atoms with E-state index in [0.29, 0.717) is 18.1 Å². The Morgan fingerprint density at radius 3 is 2.30 bits per heavy atom. The first-order chi connectivity index (χ1) is 14.1. The smallest absolute Gasteiger partial charge is 0.241 e. The van der Waals surface area contributed by atoms with E-state index in [-0.39, 0.29) is 4.90 Å². The molecule has 1 aromatic heterocycles. The third kappa shape index (κ3) is 5.85. The first kappa shape index (κ1) is 21.9. The summed E-state index contributed by atoms with van der Waals surface area (Å²) in [4.78, 5) is 8.65. The van der Waals surface area contributed by atoms with Crippen LogP contribution in [0.15, 0.2) is 71.9 Å². The summed E-state index contributed by atoms with van der Waals surface area (Å²) >= 11 is 0. The second kappa shape index (κ2) is 8.91. The molecule has 3 aromatic rings. The Balaban J connectivity index is 1.71. The van der Waals surface area contributed by atoms with Crippen LogP contribution in [0.5, 0.6) is 0 Å². The van der Waals surface area contributed by atoms with Crippen LogP contribution in [0.2, 0.25) is 0 Å². The fourth-order valence-corrected chi connectivity index (χ4v) is 4.29. The van der Waals surface area contributed by atoms with E-state index in [4.69, 9.17) is 0 Å². The van der Waals surface area contributed by atoms with Crippen molar-refractivity contribution >= 4 is 15.8 Å². The van der Waals surface area contributed by atoms with E-state index in [1.54, 1.807) is 51.1 Å². The Labute approximate surface area is 177 Å². The van der Waals surface area contributed by atoms with Crippen molar-refractivity contribution in [2.24, 2.45) is 0 Å². The van der Waals surface area contributed by atoms with Crippen molar-refractivity contribution in [1.29, 1.82) is 0 Å². The van der Waals surface area contributed by atoms with Gasteiger partial charge in [-0.2, -0.15) is 0 Å². The van der Waals surface area contributed by atoms with E-state index < -0.39 is 21.7 Å². The number of aliphatic hydroxyl groups excluding tert-OH is 1. The van der Waals surface area contributed by atoms with Crippen molar-refractivity contribution in [1.82, 2.24) is 14.7 Å². The lowest BCUT2D eigenvalue weighted by atomic mass is 10.1. The van der Waals surface area contributed by atoms with Gasteiger partial charge < -0.3 is 10.4 Å². The van der Waals surface area contributed by atoms with Crippen LogP contribution < -0.4 is 10.0 Å². The maximum absolute atomic E-state index is 12.4. The van der Waals surface area contributed by atoms with Crippen molar-refractivity contribution in [2.75, 3.05) is 11.9 Å². The number of benzene rings is 2. The third-order valence-electron chi connectivity index (χ3n) is 4.23. The normalized spacial score (nSPS) is 13.1. The SMILES string of the molecule is CC(C)(C)NS(=O)(=O)c1ccc(-c2cc(NCC(O)c3ccccc3)ncn2)cc1. The zero-order valence-electron chi connectivity index (χ0n) is 17.2. The molecule has 30 heavy (non-hydrogen) atoms. The summed E-state index contributed by atoms with van der Waals surface area (Å²) in [6.45, 7) is 5.69. The monoisotopic (exact) mass is 426 g/mol. The van der Waals surface area contributed by atoms with Crippen molar-refractivity contribution in [3.63, 3.8) is 0 Å². The van der Waals surface area contributed by atoms with Crippen LogP contribution in [-0.2, 0) is 10.0 Å². The molecule has 0 aliphatic carbocycles. The molecule has 0 saturated heterocycles. The predicted octanol–water partition coefficient (Wildman–Crippen LogP) is 3.37. The number of nitrogens with one attached hydrogen (secondary N) is 2. The van der Waals surface area contributed by atoms with Gasteiger partial charge in [-0.3, -0.25) is 0 Å². The fourth-order valence-electron chi connectivity index (χ4n) is 2.87. The quantitative estimate of drug-likeness (QED) is 0.535. The highest BCUT2D eigenvalue weighted by Gasteiger charge is 2.21. The van der Waals surface area contributed by atoms with Gasteiger partial charge in [-0.25, -0.2) is 23.1 Å². The molecule has 0 radical (unpaired) electrons. The number of aliphatic hydroxyl groups is 1. The number of sulfonamides is 1. The molecule has 0 saturated carbocycles.